The molecule has 0 aliphatic carbocycles. The van der Waals surface area contributed by atoms with Crippen molar-refractivity contribution in [2.45, 2.75) is 0 Å². The number of hydrogen-bond donors (Lipinski definition) is 1. The molecule has 0 saturated heterocycles. The van der Waals surface area contributed by atoms with Gasteiger partial charge in [-0.25, -0.2) is 0 Å². The minimum atomic E-state index is 0.111. The summed E-state index contributed by atoms with van der Waals surface area (Å²) in [5.41, 5.74) is 0.515. The van der Waals surface area contributed by atoms with Gasteiger partial charge in [0.2, 0.25) is 0 Å². The van der Waals surface area contributed by atoms with E-state index in [-0.39, 0.29) is 5.75 Å². The van der Waals surface area contributed by atoms with E-state index in [0.29, 0.717) is 17.2 Å². The zero-order chi connectivity index (χ0) is 10.4. The standard InChI is InChI=1S/C10H10ClNO2/c1-2-5-14-12-7-8-6-9(11)3-4-10(8)13/h2-4,6-7,13H,1,5H2. The lowest BCUT2D eigenvalue weighted by molar-refractivity contribution is 0.176. The third-order valence-electron chi connectivity index (χ3n) is 1.45. The first-order valence-corrected chi connectivity index (χ1v) is 4.36. The fraction of sp³-hybridized carbons (Fsp3) is 0.100. The first-order chi connectivity index (χ1) is 6.74. The summed E-state index contributed by atoms with van der Waals surface area (Å²) in [5, 5.41) is 13.5. The minimum Gasteiger partial charge on any atom is -0.507 e. The van der Waals surface area contributed by atoms with Crippen LogP contribution >= 0.6 is 11.6 Å². The van der Waals surface area contributed by atoms with E-state index in [2.05, 4.69) is 11.7 Å². The lowest BCUT2D eigenvalue weighted by Crippen LogP contribution is -1.86. The molecule has 4 heteroatoms. The average Bonchev–Trinajstić information content (AvgIpc) is 2.18. The van der Waals surface area contributed by atoms with Gasteiger partial charge in [-0.2, -0.15) is 0 Å². The summed E-state index contributed by atoms with van der Waals surface area (Å²) in [6, 6.07) is 4.69. The van der Waals surface area contributed by atoms with Crippen LogP contribution in [-0.4, -0.2) is 17.9 Å². The van der Waals surface area contributed by atoms with E-state index in [9.17, 15) is 5.11 Å². The lowest BCUT2D eigenvalue weighted by Gasteiger charge is -1.98. The van der Waals surface area contributed by atoms with Gasteiger partial charge >= 0.3 is 0 Å². The Labute approximate surface area is 87.3 Å². The zero-order valence-corrected chi connectivity index (χ0v) is 8.24. The number of rotatable bonds is 4. The Bertz CT molecular complexity index is 350. The molecule has 1 aromatic carbocycles. The van der Waals surface area contributed by atoms with Crippen molar-refractivity contribution in [3.63, 3.8) is 0 Å². The summed E-state index contributed by atoms with van der Waals surface area (Å²) in [4.78, 5) is 4.78. The summed E-state index contributed by atoms with van der Waals surface area (Å²) in [5.74, 6) is 0.111. The van der Waals surface area contributed by atoms with E-state index in [1.54, 1.807) is 18.2 Å². The highest BCUT2D eigenvalue weighted by atomic mass is 35.5. The van der Waals surface area contributed by atoms with Crippen molar-refractivity contribution in [1.29, 1.82) is 0 Å². The molecule has 0 spiro atoms. The summed E-state index contributed by atoms with van der Waals surface area (Å²) in [6.07, 6.45) is 2.97. The van der Waals surface area contributed by atoms with E-state index in [0.717, 1.165) is 0 Å². The fourth-order valence-electron chi connectivity index (χ4n) is 0.819. The smallest absolute Gasteiger partial charge is 0.135 e. The molecule has 0 atom stereocenters. The summed E-state index contributed by atoms with van der Waals surface area (Å²) in [6.45, 7) is 3.80. The Kier molecular flexibility index (Phi) is 4.01. The minimum absolute atomic E-state index is 0.111. The number of hydrogen-bond acceptors (Lipinski definition) is 3. The number of phenols is 1. The lowest BCUT2D eigenvalue weighted by atomic mass is 10.2. The molecular formula is C10H10ClNO2. The van der Waals surface area contributed by atoms with Crippen LogP contribution in [0.3, 0.4) is 0 Å². The Hall–Kier alpha value is -1.48. The Balaban J connectivity index is 2.70. The largest absolute Gasteiger partial charge is 0.507 e. The molecule has 14 heavy (non-hydrogen) atoms. The van der Waals surface area contributed by atoms with E-state index in [1.165, 1.54) is 12.3 Å². The molecule has 0 aliphatic rings. The van der Waals surface area contributed by atoms with Crippen molar-refractivity contribution < 1.29 is 9.94 Å². The number of phenolic OH excluding ortho intramolecular Hbond substituents is 1. The van der Waals surface area contributed by atoms with Crippen molar-refractivity contribution in [2.75, 3.05) is 6.61 Å². The first kappa shape index (κ1) is 10.6. The molecule has 0 unspecified atom stereocenters. The predicted octanol–water partition coefficient (Wildman–Crippen LogP) is 2.58. The second kappa shape index (κ2) is 5.29. The van der Waals surface area contributed by atoms with Crippen molar-refractivity contribution in [2.24, 2.45) is 5.16 Å². The zero-order valence-electron chi connectivity index (χ0n) is 7.48. The summed E-state index contributed by atoms with van der Waals surface area (Å²) >= 11 is 5.73. The highest BCUT2D eigenvalue weighted by Crippen LogP contribution is 2.19. The average molecular weight is 212 g/mol. The molecule has 0 saturated carbocycles. The van der Waals surface area contributed by atoms with E-state index >= 15 is 0 Å². The predicted molar refractivity (Wildman–Crippen MR) is 56.9 cm³/mol. The number of halogens is 1. The van der Waals surface area contributed by atoms with Gasteiger partial charge < -0.3 is 9.94 Å². The highest BCUT2D eigenvalue weighted by molar-refractivity contribution is 6.30. The van der Waals surface area contributed by atoms with Crippen LogP contribution in [0.1, 0.15) is 5.56 Å². The number of nitrogens with zero attached hydrogens (tertiary/aromatic N) is 1. The molecule has 74 valence electrons. The van der Waals surface area contributed by atoms with E-state index < -0.39 is 0 Å². The third-order valence-corrected chi connectivity index (χ3v) is 1.68. The van der Waals surface area contributed by atoms with Gasteiger partial charge in [0.15, 0.2) is 0 Å². The van der Waals surface area contributed by atoms with Crippen LogP contribution < -0.4 is 0 Å². The second-order valence-electron chi connectivity index (χ2n) is 2.52. The van der Waals surface area contributed by atoms with Crippen molar-refractivity contribution >= 4 is 17.8 Å². The molecule has 0 heterocycles. The van der Waals surface area contributed by atoms with E-state index in [4.69, 9.17) is 16.4 Å². The van der Waals surface area contributed by atoms with Crippen LogP contribution in [0.4, 0.5) is 0 Å². The maximum atomic E-state index is 9.37. The monoisotopic (exact) mass is 211 g/mol. The maximum absolute atomic E-state index is 9.37. The third kappa shape index (κ3) is 3.11. The quantitative estimate of drug-likeness (QED) is 0.360. The molecule has 0 fully saturated rings. The Morgan fingerprint density at radius 1 is 1.57 bits per heavy atom. The highest BCUT2D eigenvalue weighted by Gasteiger charge is 1.98. The van der Waals surface area contributed by atoms with Crippen LogP contribution in [0.15, 0.2) is 36.0 Å². The Morgan fingerprint density at radius 3 is 3.07 bits per heavy atom. The van der Waals surface area contributed by atoms with Gasteiger partial charge in [-0.3, -0.25) is 0 Å². The van der Waals surface area contributed by atoms with Crippen molar-refractivity contribution in [3.8, 4) is 5.75 Å². The topological polar surface area (TPSA) is 41.8 Å². The van der Waals surface area contributed by atoms with Gasteiger partial charge in [-0.1, -0.05) is 29.4 Å². The molecule has 1 aromatic rings. The number of oxime groups is 1. The SMILES string of the molecule is C=CCON=Cc1cc(Cl)ccc1O. The van der Waals surface area contributed by atoms with Gasteiger partial charge in [-0.05, 0) is 18.2 Å². The molecular weight excluding hydrogens is 202 g/mol. The molecule has 0 radical (unpaired) electrons. The van der Waals surface area contributed by atoms with Crippen LogP contribution in [0.2, 0.25) is 5.02 Å². The van der Waals surface area contributed by atoms with Gasteiger partial charge in [0.1, 0.15) is 12.4 Å². The normalized spacial score (nSPS) is 10.4. The Morgan fingerprint density at radius 2 is 2.36 bits per heavy atom. The van der Waals surface area contributed by atoms with Crippen LogP contribution in [0.5, 0.6) is 5.75 Å². The van der Waals surface area contributed by atoms with Crippen LogP contribution in [-0.2, 0) is 4.84 Å². The van der Waals surface area contributed by atoms with Crippen molar-refractivity contribution in [3.05, 3.63) is 41.4 Å². The number of aromatic hydroxyl groups is 1. The van der Waals surface area contributed by atoms with E-state index in [1.807, 2.05) is 0 Å². The second-order valence-corrected chi connectivity index (χ2v) is 2.96. The molecule has 1 N–H and O–H groups in total. The van der Waals surface area contributed by atoms with Crippen LogP contribution in [0.25, 0.3) is 0 Å². The fourth-order valence-corrected chi connectivity index (χ4v) is 0.999. The molecule has 0 aromatic heterocycles. The number of benzene rings is 1. The first-order valence-electron chi connectivity index (χ1n) is 3.99. The van der Waals surface area contributed by atoms with Gasteiger partial charge in [-0.15, -0.1) is 0 Å². The van der Waals surface area contributed by atoms with Crippen molar-refractivity contribution in [1.82, 2.24) is 0 Å². The molecule has 0 bridgehead atoms. The summed E-state index contributed by atoms with van der Waals surface area (Å²) < 4.78 is 0. The summed E-state index contributed by atoms with van der Waals surface area (Å²) in [7, 11) is 0. The van der Waals surface area contributed by atoms with Gasteiger partial charge in [0.05, 0.1) is 6.21 Å². The molecule has 3 nitrogen and oxygen atoms in total. The molecule has 1 rings (SSSR count). The molecule has 0 amide bonds. The maximum Gasteiger partial charge on any atom is 0.135 e. The molecule has 0 aliphatic heterocycles. The van der Waals surface area contributed by atoms with Crippen LogP contribution in [0, 0.1) is 0 Å². The van der Waals surface area contributed by atoms with Gasteiger partial charge in [0.25, 0.3) is 0 Å². The van der Waals surface area contributed by atoms with Gasteiger partial charge in [0, 0.05) is 10.6 Å².